The van der Waals surface area contributed by atoms with Crippen molar-refractivity contribution in [3.05, 3.63) is 10.2 Å². The second kappa shape index (κ2) is 5.19. The Kier molecular flexibility index (Phi) is 6.42. The van der Waals surface area contributed by atoms with E-state index in [1.54, 1.807) is 0 Å². The summed E-state index contributed by atoms with van der Waals surface area (Å²) in [4.78, 5) is 0. The Labute approximate surface area is 57.9 Å². The van der Waals surface area contributed by atoms with Crippen LogP contribution in [0.25, 0.3) is 0 Å². The van der Waals surface area contributed by atoms with Crippen LogP contribution in [-0.2, 0) is 0 Å². The molecular weight excluding hydrogens is 291 g/mol. The topological polar surface area (TPSA) is 0 Å². The number of hydrogen-bond acceptors (Lipinski definition) is 0. The molecule has 0 spiro atoms. The van der Waals surface area contributed by atoms with Crippen molar-refractivity contribution in [1.82, 2.24) is 0 Å². The Balaban J connectivity index is 2.92. The van der Waals surface area contributed by atoms with Gasteiger partial charge in [-0.05, 0) is 0 Å². The first-order valence-electron chi connectivity index (χ1n) is 1.14. The molecule has 5 heavy (non-hydrogen) atoms. The molecule has 0 aromatic heterocycles. The van der Waals surface area contributed by atoms with Crippen LogP contribution >= 0.6 is 0 Å². The molecule has 0 fully saturated rings. The average Bonchev–Trinajstić information content (AvgIpc) is 1.41. The van der Waals surface area contributed by atoms with E-state index in [2.05, 4.69) is 0 Å². The van der Waals surface area contributed by atoms with E-state index in [-0.39, 0.29) is 0 Å². The van der Waals surface area contributed by atoms with Crippen molar-refractivity contribution in [3.8, 4) is 0 Å². The summed E-state index contributed by atoms with van der Waals surface area (Å²) >= 11 is 3.89. The molecule has 0 nitrogen and oxygen atoms in total. The van der Waals surface area contributed by atoms with Crippen molar-refractivity contribution < 1.29 is 0 Å². The van der Waals surface area contributed by atoms with Gasteiger partial charge in [0.2, 0.25) is 0 Å². The Hall–Kier alpha value is 1.19. The summed E-state index contributed by atoms with van der Waals surface area (Å²) < 4.78 is 4.03. The summed E-state index contributed by atoms with van der Waals surface area (Å²) in [6.45, 7) is 0. The van der Waals surface area contributed by atoms with Gasteiger partial charge in [-0.3, -0.25) is 0 Å². The summed E-state index contributed by atoms with van der Waals surface area (Å²) in [6, 6.07) is 0. The van der Waals surface area contributed by atoms with Gasteiger partial charge >= 0.3 is 58.4 Å². The number of hydrogen-bond donors (Lipinski definition) is 0. The van der Waals surface area contributed by atoms with Crippen LogP contribution in [0.1, 0.15) is 0 Å². The van der Waals surface area contributed by atoms with Gasteiger partial charge in [0.05, 0.1) is 0 Å². The molecule has 0 unspecified atom stereocenters. The van der Waals surface area contributed by atoms with Crippen LogP contribution in [0.3, 0.4) is 0 Å². The quantitative estimate of drug-likeness (QED) is 0.580. The second-order valence-electron chi connectivity index (χ2n) is 0.465. The Morgan fingerprint density at radius 3 is 2.00 bits per heavy atom. The summed E-state index contributed by atoms with van der Waals surface area (Å²) in [7, 11) is 0. The van der Waals surface area contributed by atoms with Crippen molar-refractivity contribution >= 4 is 48.2 Å². The molecule has 2 heteroatoms. The van der Waals surface area contributed by atoms with Crippen LogP contribution in [0.4, 0.5) is 0 Å². The van der Waals surface area contributed by atoms with Crippen LogP contribution in [0.2, 0.25) is 0 Å². The van der Waals surface area contributed by atoms with E-state index in [0.29, 0.717) is 0 Å². The van der Waals surface area contributed by atoms with E-state index >= 15 is 0 Å². The van der Waals surface area contributed by atoms with Gasteiger partial charge in [0.15, 0.2) is 0 Å². The molecule has 0 aliphatic heterocycles. The third kappa shape index (κ3) is 5.19. The predicted molar refractivity (Wildman–Crippen MR) is 26.7 cm³/mol. The average molecular weight is 294 g/mol. The monoisotopic (exact) mass is 299 g/mol. The van der Waals surface area contributed by atoms with Gasteiger partial charge in [-0.1, -0.05) is 0 Å². The SMILES string of the molecule is [Te]/C=C/C=[Te]. The van der Waals surface area contributed by atoms with E-state index in [1.165, 1.54) is 0 Å². The van der Waals surface area contributed by atoms with Crippen molar-refractivity contribution in [3.63, 3.8) is 0 Å². The van der Waals surface area contributed by atoms with Crippen LogP contribution in [-0.4, -0.2) is 48.2 Å². The van der Waals surface area contributed by atoms with E-state index in [0.717, 1.165) is 0 Å². The molecule has 0 heterocycles. The molecule has 0 aliphatic carbocycles. The molecule has 0 aromatic rings. The van der Waals surface area contributed by atoms with Gasteiger partial charge in [-0.25, -0.2) is 0 Å². The van der Waals surface area contributed by atoms with E-state index in [4.69, 9.17) is 0 Å². The first kappa shape index (κ1) is 6.19. The molecule has 0 amide bonds. The molecular formula is C3H3Te2. The molecule has 0 bridgehead atoms. The molecule has 0 saturated heterocycles. The third-order valence-electron chi connectivity index (χ3n) is 0.157. The molecule has 27 valence electrons. The fourth-order valence-corrected chi connectivity index (χ4v) is 1.44. The maximum absolute atomic E-state index is 2.01. The summed E-state index contributed by atoms with van der Waals surface area (Å²) in [5.41, 5.74) is 0. The molecule has 0 atom stereocenters. The third-order valence-corrected chi connectivity index (χ3v) is 1.05. The van der Waals surface area contributed by atoms with Crippen LogP contribution in [0.5, 0.6) is 0 Å². The van der Waals surface area contributed by atoms with Gasteiger partial charge in [0, 0.05) is 0 Å². The zero-order chi connectivity index (χ0) is 4.12. The Bertz CT molecular complexity index is 46.9. The van der Waals surface area contributed by atoms with E-state index < -0.39 is 0 Å². The number of rotatable bonds is 1. The van der Waals surface area contributed by atoms with E-state index in [9.17, 15) is 0 Å². The van der Waals surface area contributed by atoms with Crippen LogP contribution < -0.4 is 0 Å². The van der Waals surface area contributed by atoms with E-state index in [1.807, 2.05) is 58.4 Å². The molecule has 0 rings (SSSR count). The number of allylic oxidation sites excluding steroid dienone is 1. The van der Waals surface area contributed by atoms with Gasteiger partial charge < -0.3 is 0 Å². The van der Waals surface area contributed by atoms with Crippen molar-refractivity contribution in [2.24, 2.45) is 0 Å². The Morgan fingerprint density at radius 2 is 2.00 bits per heavy atom. The maximum atomic E-state index is 2.01. The minimum atomic E-state index is 1.94. The van der Waals surface area contributed by atoms with Gasteiger partial charge in [-0.2, -0.15) is 0 Å². The second-order valence-corrected chi connectivity index (χ2v) is 2.02. The normalized spacial score (nSPS) is 8.80. The summed E-state index contributed by atoms with van der Waals surface area (Å²) in [5.74, 6) is 0. The first-order valence-corrected chi connectivity index (χ1v) is 3.83. The van der Waals surface area contributed by atoms with Gasteiger partial charge in [0.1, 0.15) is 0 Å². The first-order chi connectivity index (χ1) is 2.41. The molecule has 0 aliphatic rings. The van der Waals surface area contributed by atoms with Crippen LogP contribution in [0.15, 0.2) is 10.2 Å². The molecule has 1 radical (unpaired) electrons. The minimum absolute atomic E-state index is 1.94. The van der Waals surface area contributed by atoms with Crippen molar-refractivity contribution in [2.45, 2.75) is 0 Å². The van der Waals surface area contributed by atoms with Gasteiger partial charge in [0.25, 0.3) is 0 Å². The molecule has 0 saturated carbocycles. The zero-order valence-corrected chi connectivity index (χ0v) is 7.21. The standard InChI is InChI=1S/C3H3Te2/c4-2-1-3-5/h1-3H/b2-1+. The van der Waals surface area contributed by atoms with Crippen molar-refractivity contribution in [2.75, 3.05) is 0 Å². The van der Waals surface area contributed by atoms with Crippen molar-refractivity contribution in [1.29, 1.82) is 0 Å². The van der Waals surface area contributed by atoms with Crippen LogP contribution in [0, 0.1) is 0 Å². The fraction of sp³-hybridized carbons (Fsp3) is 0. The molecule has 0 N–H and O–H groups in total. The zero-order valence-electron chi connectivity index (χ0n) is 2.55. The fourth-order valence-electron chi connectivity index (χ4n) is 0.0321. The Morgan fingerprint density at radius 1 is 1.40 bits per heavy atom. The van der Waals surface area contributed by atoms with Gasteiger partial charge in [-0.15, -0.1) is 0 Å². The predicted octanol–water partition coefficient (Wildman–Crippen LogP) is -0.361. The summed E-state index contributed by atoms with van der Waals surface area (Å²) in [6.07, 6.45) is 2.01. The summed E-state index contributed by atoms with van der Waals surface area (Å²) in [5, 5.41) is 0. The molecule has 0 aromatic carbocycles.